The molecule has 3 heteroatoms. The van der Waals surface area contributed by atoms with Crippen molar-refractivity contribution in [2.75, 3.05) is 26.2 Å². The first kappa shape index (κ1) is 12.9. The van der Waals surface area contributed by atoms with Gasteiger partial charge in [0.2, 0.25) is 0 Å². The lowest BCUT2D eigenvalue weighted by molar-refractivity contribution is 0.0898. The maximum atomic E-state index is 3.54. The van der Waals surface area contributed by atoms with Gasteiger partial charge in [0.25, 0.3) is 0 Å². The van der Waals surface area contributed by atoms with Crippen molar-refractivity contribution in [1.82, 2.24) is 15.8 Å². The van der Waals surface area contributed by atoms with Crippen molar-refractivity contribution in [1.29, 1.82) is 0 Å². The molecule has 0 aliphatic carbocycles. The van der Waals surface area contributed by atoms with Gasteiger partial charge in [0, 0.05) is 32.2 Å². The Bertz CT molecular complexity index is 150. The highest BCUT2D eigenvalue weighted by molar-refractivity contribution is 4.77. The Balaban J connectivity index is 2.22. The molecule has 1 atom stereocenters. The van der Waals surface area contributed by atoms with Crippen LogP contribution in [0.4, 0.5) is 0 Å². The highest BCUT2D eigenvalue weighted by Gasteiger charge is 2.20. The van der Waals surface area contributed by atoms with Gasteiger partial charge in [-0.15, -0.1) is 0 Å². The van der Waals surface area contributed by atoms with Crippen molar-refractivity contribution in [3.8, 4) is 0 Å². The van der Waals surface area contributed by atoms with Gasteiger partial charge in [-0.3, -0.25) is 5.43 Å². The molecule has 2 N–H and O–H groups in total. The summed E-state index contributed by atoms with van der Waals surface area (Å²) in [6, 6.07) is 0.705. The molecule has 0 aromatic rings. The van der Waals surface area contributed by atoms with E-state index in [1.165, 1.54) is 32.1 Å². The van der Waals surface area contributed by atoms with Crippen molar-refractivity contribution in [3.63, 3.8) is 0 Å². The molecule has 3 nitrogen and oxygen atoms in total. The lowest BCUT2D eigenvalue weighted by Crippen LogP contribution is -2.56. The Morgan fingerprint density at radius 2 is 2.13 bits per heavy atom. The van der Waals surface area contributed by atoms with Crippen LogP contribution in [-0.2, 0) is 0 Å². The molecule has 1 unspecified atom stereocenters. The van der Waals surface area contributed by atoms with Crippen molar-refractivity contribution < 1.29 is 0 Å². The summed E-state index contributed by atoms with van der Waals surface area (Å²) in [6.07, 6.45) is 6.61. The highest BCUT2D eigenvalue weighted by Crippen LogP contribution is 2.10. The molecular weight excluding hydrogens is 186 g/mol. The van der Waals surface area contributed by atoms with Gasteiger partial charge in [-0.2, -0.15) is 0 Å². The van der Waals surface area contributed by atoms with E-state index in [0.29, 0.717) is 6.04 Å². The first-order valence-electron chi connectivity index (χ1n) is 6.59. The molecule has 1 heterocycles. The Kier molecular flexibility index (Phi) is 6.98. The first-order valence-corrected chi connectivity index (χ1v) is 6.59. The number of hydrazine groups is 1. The van der Waals surface area contributed by atoms with Gasteiger partial charge in [-0.05, 0) is 12.8 Å². The molecule has 1 fully saturated rings. The maximum absolute atomic E-state index is 3.54. The summed E-state index contributed by atoms with van der Waals surface area (Å²) in [7, 11) is 0. The predicted octanol–water partition coefficient (Wildman–Crippen LogP) is 1.76. The predicted molar refractivity (Wildman–Crippen MR) is 65.8 cm³/mol. The number of hydrogen-bond donors (Lipinski definition) is 2. The Labute approximate surface area is 94.6 Å². The van der Waals surface area contributed by atoms with E-state index in [1.54, 1.807) is 0 Å². The Morgan fingerprint density at radius 3 is 2.87 bits per heavy atom. The summed E-state index contributed by atoms with van der Waals surface area (Å²) in [4.78, 5) is 0. The molecule has 0 radical (unpaired) electrons. The van der Waals surface area contributed by atoms with Crippen LogP contribution in [0.2, 0.25) is 0 Å². The van der Waals surface area contributed by atoms with E-state index < -0.39 is 0 Å². The van der Waals surface area contributed by atoms with Crippen LogP contribution >= 0.6 is 0 Å². The monoisotopic (exact) mass is 213 g/mol. The number of nitrogens with one attached hydrogen (secondary N) is 2. The quantitative estimate of drug-likeness (QED) is 0.631. The highest BCUT2D eigenvalue weighted by atomic mass is 15.5. The van der Waals surface area contributed by atoms with Crippen molar-refractivity contribution in [3.05, 3.63) is 0 Å². The lowest BCUT2D eigenvalue weighted by Gasteiger charge is -2.36. The van der Waals surface area contributed by atoms with E-state index in [-0.39, 0.29) is 0 Å². The summed E-state index contributed by atoms with van der Waals surface area (Å²) >= 11 is 0. The first-order chi connectivity index (χ1) is 7.38. The van der Waals surface area contributed by atoms with E-state index in [0.717, 1.165) is 26.2 Å². The smallest absolute Gasteiger partial charge is 0.0368 e. The maximum Gasteiger partial charge on any atom is 0.0368 e. The van der Waals surface area contributed by atoms with E-state index in [9.17, 15) is 0 Å². The molecule has 1 aliphatic rings. The molecule has 0 spiro atoms. The van der Waals surface area contributed by atoms with Crippen LogP contribution in [-0.4, -0.2) is 37.2 Å². The molecule has 0 aromatic heterocycles. The molecule has 0 amide bonds. The minimum absolute atomic E-state index is 0.705. The molecule has 1 aliphatic heterocycles. The van der Waals surface area contributed by atoms with E-state index in [1.807, 2.05) is 0 Å². The number of rotatable bonds is 7. The van der Waals surface area contributed by atoms with Gasteiger partial charge < -0.3 is 5.32 Å². The van der Waals surface area contributed by atoms with Crippen molar-refractivity contribution >= 4 is 0 Å². The van der Waals surface area contributed by atoms with Crippen LogP contribution < -0.4 is 10.7 Å². The third kappa shape index (κ3) is 4.96. The Morgan fingerprint density at radius 1 is 1.27 bits per heavy atom. The topological polar surface area (TPSA) is 27.3 Å². The zero-order valence-electron chi connectivity index (χ0n) is 10.4. The molecular formula is C12H27N3. The summed E-state index contributed by atoms with van der Waals surface area (Å²) in [5.41, 5.74) is 3.54. The van der Waals surface area contributed by atoms with E-state index >= 15 is 0 Å². The molecule has 0 aromatic carbocycles. The molecule has 90 valence electrons. The van der Waals surface area contributed by atoms with Gasteiger partial charge in [-0.25, -0.2) is 5.01 Å². The van der Waals surface area contributed by atoms with Gasteiger partial charge in [0.15, 0.2) is 0 Å². The normalized spacial score (nSPS) is 23.2. The summed E-state index contributed by atoms with van der Waals surface area (Å²) in [5.74, 6) is 0. The van der Waals surface area contributed by atoms with Crippen molar-refractivity contribution in [2.45, 2.75) is 52.0 Å². The second-order valence-corrected chi connectivity index (χ2v) is 4.46. The zero-order chi connectivity index (χ0) is 10.9. The second-order valence-electron chi connectivity index (χ2n) is 4.46. The van der Waals surface area contributed by atoms with Crippen LogP contribution in [0.1, 0.15) is 46.0 Å². The SMILES string of the molecule is CCCCCC1CNCCN1NCCC. The number of nitrogens with zero attached hydrogens (tertiary/aromatic N) is 1. The van der Waals surface area contributed by atoms with Gasteiger partial charge in [-0.1, -0.05) is 33.1 Å². The molecule has 1 rings (SSSR count). The molecule has 0 saturated carbocycles. The number of hydrogen-bond acceptors (Lipinski definition) is 3. The van der Waals surface area contributed by atoms with Crippen LogP contribution in [0.25, 0.3) is 0 Å². The van der Waals surface area contributed by atoms with Gasteiger partial charge in [0.1, 0.15) is 0 Å². The number of piperazine rings is 1. The average molecular weight is 213 g/mol. The van der Waals surface area contributed by atoms with Crippen molar-refractivity contribution in [2.24, 2.45) is 0 Å². The lowest BCUT2D eigenvalue weighted by atomic mass is 10.1. The van der Waals surface area contributed by atoms with E-state index in [2.05, 4.69) is 29.6 Å². The fraction of sp³-hybridized carbons (Fsp3) is 1.00. The molecule has 1 saturated heterocycles. The average Bonchev–Trinajstić information content (AvgIpc) is 2.28. The van der Waals surface area contributed by atoms with Crippen LogP contribution in [0.5, 0.6) is 0 Å². The standard InChI is InChI=1S/C12H27N3/c1-3-5-6-7-12-11-13-9-10-15(12)14-8-4-2/h12-14H,3-11H2,1-2H3. The third-order valence-corrected chi connectivity index (χ3v) is 3.06. The minimum atomic E-state index is 0.705. The van der Waals surface area contributed by atoms with Crippen LogP contribution in [0, 0.1) is 0 Å². The summed E-state index contributed by atoms with van der Waals surface area (Å²) < 4.78 is 0. The molecule has 15 heavy (non-hydrogen) atoms. The molecule has 0 bridgehead atoms. The fourth-order valence-electron chi connectivity index (χ4n) is 2.11. The zero-order valence-corrected chi connectivity index (χ0v) is 10.4. The minimum Gasteiger partial charge on any atom is -0.314 e. The van der Waals surface area contributed by atoms with Gasteiger partial charge in [0.05, 0.1) is 0 Å². The third-order valence-electron chi connectivity index (χ3n) is 3.06. The van der Waals surface area contributed by atoms with Crippen LogP contribution in [0.15, 0.2) is 0 Å². The Hall–Kier alpha value is -0.120. The van der Waals surface area contributed by atoms with E-state index in [4.69, 9.17) is 0 Å². The fourth-order valence-corrected chi connectivity index (χ4v) is 2.11. The van der Waals surface area contributed by atoms with Crippen LogP contribution in [0.3, 0.4) is 0 Å². The summed E-state index contributed by atoms with van der Waals surface area (Å²) in [6.45, 7) is 9.04. The van der Waals surface area contributed by atoms with Gasteiger partial charge >= 0.3 is 0 Å². The second kappa shape index (κ2) is 8.08. The number of unbranched alkanes of at least 4 members (excludes halogenated alkanes) is 2. The largest absolute Gasteiger partial charge is 0.314 e. The summed E-state index contributed by atoms with van der Waals surface area (Å²) in [5, 5.41) is 5.94.